The molecule has 0 spiro atoms. The number of fused-ring (bicyclic) bond motifs is 3. The van der Waals surface area contributed by atoms with Gasteiger partial charge in [-0.25, -0.2) is 0 Å². The van der Waals surface area contributed by atoms with Gasteiger partial charge in [-0.05, 0) is 62.7 Å². The molecule has 158 valence electrons. The SMILES string of the molecule is CCCC1CCC2C[C@@H]3[C@@H](C=CCO)[C@H](O)C[C@H]3N2C1(C(=O)O)C1CCCC1. The van der Waals surface area contributed by atoms with Gasteiger partial charge in [0.25, 0.3) is 0 Å². The molecule has 2 saturated carbocycles. The van der Waals surface area contributed by atoms with Crippen LogP contribution in [0.3, 0.4) is 0 Å². The Kier molecular flexibility index (Phi) is 5.88. The van der Waals surface area contributed by atoms with E-state index < -0.39 is 17.6 Å². The summed E-state index contributed by atoms with van der Waals surface area (Å²) in [5.74, 6) is 0.211. The molecule has 4 rings (SSSR count). The summed E-state index contributed by atoms with van der Waals surface area (Å²) in [7, 11) is 0. The maximum atomic E-state index is 13.1. The number of hydrogen-bond acceptors (Lipinski definition) is 4. The van der Waals surface area contributed by atoms with Gasteiger partial charge in [0, 0.05) is 18.0 Å². The fraction of sp³-hybridized carbons (Fsp3) is 0.870. The number of aliphatic hydroxyl groups is 2. The van der Waals surface area contributed by atoms with E-state index in [1.807, 2.05) is 6.08 Å². The van der Waals surface area contributed by atoms with E-state index >= 15 is 0 Å². The Morgan fingerprint density at radius 3 is 2.57 bits per heavy atom. The van der Waals surface area contributed by atoms with Crippen molar-refractivity contribution in [1.29, 1.82) is 0 Å². The molecular formula is C23H37NO4. The molecule has 4 fully saturated rings. The molecule has 0 radical (unpaired) electrons. The van der Waals surface area contributed by atoms with E-state index in [1.165, 1.54) is 0 Å². The normalized spacial score (nSPS) is 44.2. The first-order chi connectivity index (χ1) is 13.6. The highest BCUT2D eigenvalue weighted by molar-refractivity contribution is 5.80. The molecule has 0 aromatic rings. The summed E-state index contributed by atoms with van der Waals surface area (Å²) in [6.07, 6.45) is 13.4. The summed E-state index contributed by atoms with van der Waals surface area (Å²) in [6.45, 7) is 2.17. The van der Waals surface area contributed by atoms with Crippen molar-refractivity contribution in [3.05, 3.63) is 12.2 Å². The van der Waals surface area contributed by atoms with Crippen LogP contribution in [-0.2, 0) is 4.79 Å². The lowest BCUT2D eigenvalue weighted by atomic mass is 9.64. The number of hydrogen-bond donors (Lipinski definition) is 3. The quantitative estimate of drug-likeness (QED) is 0.606. The van der Waals surface area contributed by atoms with Crippen LogP contribution in [0.1, 0.15) is 71.1 Å². The Morgan fingerprint density at radius 2 is 1.93 bits per heavy atom. The van der Waals surface area contributed by atoms with Crippen molar-refractivity contribution in [2.24, 2.45) is 23.7 Å². The molecule has 0 aromatic heterocycles. The number of carbonyl (C=O) groups is 1. The second-order valence-corrected chi connectivity index (χ2v) is 9.69. The van der Waals surface area contributed by atoms with Crippen molar-refractivity contribution in [2.45, 2.75) is 94.9 Å². The molecule has 2 aliphatic heterocycles. The smallest absolute Gasteiger partial charge is 0.324 e. The number of aliphatic hydroxyl groups excluding tert-OH is 2. The van der Waals surface area contributed by atoms with Crippen molar-refractivity contribution in [1.82, 2.24) is 4.90 Å². The predicted octanol–water partition coefficient (Wildman–Crippen LogP) is 3.20. The monoisotopic (exact) mass is 391 g/mol. The molecule has 5 nitrogen and oxygen atoms in total. The Labute approximate surface area is 168 Å². The largest absolute Gasteiger partial charge is 0.480 e. The van der Waals surface area contributed by atoms with Gasteiger partial charge in [-0.3, -0.25) is 9.69 Å². The van der Waals surface area contributed by atoms with Crippen molar-refractivity contribution in [3.8, 4) is 0 Å². The van der Waals surface area contributed by atoms with E-state index in [0.717, 1.165) is 57.8 Å². The zero-order valence-corrected chi connectivity index (χ0v) is 17.2. The predicted molar refractivity (Wildman–Crippen MR) is 108 cm³/mol. The van der Waals surface area contributed by atoms with Gasteiger partial charge in [0.1, 0.15) is 5.54 Å². The molecule has 2 aliphatic carbocycles. The van der Waals surface area contributed by atoms with Gasteiger partial charge in [0.15, 0.2) is 0 Å². The minimum absolute atomic E-state index is 0.00649. The summed E-state index contributed by atoms with van der Waals surface area (Å²) in [5.41, 5.74) is -0.746. The van der Waals surface area contributed by atoms with Crippen LogP contribution in [0.4, 0.5) is 0 Å². The molecule has 0 aromatic carbocycles. The molecule has 2 saturated heterocycles. The van der Waals surface area contributed by atoms with E-state index in [2.05, 4.69) is 11.8 Å². The molecule has 7 atom stereocenters. The van der Waals surface area contributed by atoms with Gasteiger partial charge in [-0.1, -0.05) is 38.3 Å². The molecule has 0 bridgehead atoms. The molecule has 5 heteroatoms. The van der Waals surface area contributed by atoms with Crippen molar-refractivity contribution < 1.29 is 20.1 Å². The minimum atomic E-state index is -0.746. The maximum absolute atomic E-state index is 13.1. The van der Waals surface area contributed by atoms with E-state index in [1.54, 1.807) is 6.08 Å². The fourth-order valence-electron chi connectivity index (χ4n) is 7.68. The van der Waals surface area contributed by atoms with Crippen molar-refractivity contribution in [3.63, 3.8) is 0 Å². The van der Waals surface area contributed by atoms with Crippen molar-refractivity contribution in [2.75, 3.05) is 6.61 Å². The van der Waals surface area contributed by atoms with Crippen LogP contribution < -0.4 is 0 Å². The Balaban J connectivity index is 1.74. The Morgan fingerprint density at radius 1 is 1.18 bits per heavy atom. The third kappa shape index (κ3) is 2.96. The molecule has 3 N–H and O–H groups in total. The highest BCUT2D eigenvalue weighted by atomic mass is 16.4. The summed E-state index contributed by atoms with van der Waals surface area (Å²) in [6, 6.07) is 0.488. The lowest BCUT2D eigenvalue weighted by Crippen LogP contribution is -2.69. The van der Waals surface area contributed by atoms with Crippen LogP contribution in [0.25, 0.3) is 0 Å². The van der Waals surface area contributed by atoms with Crippen LogP contribution >= 0.6 is 0 Å². The van der Waals surface area contributed by atoms with Crippen LogP contribution in [0.2, 0.25) is 0 Å². The third-order valence-corrected chi connectivity index (χ3v) is 8.53. The number of carboxylic acids is 1. The number of nitrogens with zero attached hydrogens (tertiary/aromatic N) is 1. The standard InChI is InChI=1S/C23H37NO4/c1-2-6-15-10-11-17-13-19-18(9-5-12-25)21(26)14-20(19)24(17)23(15,22(27)28)16-7-3-4-8-16/h5,9,15-21,25-26H,2-4,6-8,10-14H2,1H3,(H,27,28)/t15?,17?,18-,19-,20-,21-,23?/m1/s1. The second-order valence-electron chi connectivity index (χ2n) is 9.69. The maximum Gasteiger partial charge on any atom is 0.324 e. The summed E-state index contributed by atoms with van der Waals surface area (Å²) < 4.78 is 0. The highest BCUT2D eigenvalue weighted by Gasteiger charge is 2.66. The molecule has 3 unspecified atom stereocenters. The average molecular weight is 392 g/mol. The van der Waals surface area contributed by atoms with Crippen LogP contribution in [0.5, 0.6) is 0 Å². The first kappa shape index (κ1) is 20.4. The average Bonchev–Trinajstić information content (AvgIpc) is 3.37. The van der Waals surface area contributed by atoms with E-state index in [0.29, 0.717) is 18.4 Å². The number of rotatable bonds is 6. The topological polar surface area (TPSA) is 81.0 Å². The van der Waals surface area contributed by atoms with Crippen LogP contribution in [0.15, 0.2) is 12.2 Å². The zero-order valence-electron chi connectivity index (χ0n) is 17.2. The van der Waals surface area contributed by atoms with Gasteiger partial charge in [0.2, 0.25) is 0 Å². The van der Waals surface area contributed by atoms with E-state index in [-0.39, 0.29) is 30.4 Å². The van der Waals surface area contributed by atoms with Gasteiger partial charge in [-0.2, -0.15) is 0 Å². The fourth-order valence-corrected chi connectivity index (χ4v) is 7.68. The molecule has 0 amide bonds. The molecular weight excluding hydrogens is 354 g/mol. The number of carboxylic acid groups (broad SMARTS) is 1. The first-order valence-electron chi connectivity index (χ1n) is 11.5. The van der Waals surface area contributed by atoms with E-state index in [9.17, 15) is 20.1 Å². The summed E-state index contributed by atoms with van der Waals surface area (Å²) in [4.78, 5) is 15.5. The lowest BCUT2D eigenvalue weighted by Gasteiger charge is -2.56. The van der Waals surface area contributed by atoms with Gasteiger partial charge >= 0.3 is 5.97 Å². The number of aliphatic carboxylic acids is 1. The minimum Gasteiger partial charge on any atom is -0.480 e. The van der Waals surface area contributed by atoms with Crippen LogP contribution in [0, 0.1) is 23.7 Å². The molecule has 2 heterocycles. The first-order valence-corrected chi connectivity index (χ1v) is 11.5. The lowest BCUT2D eigenvalue weighted by molar-refractivity contribution is -0.173. The summed E-state index contributed by atoms with van der Waals surface area (Å²) in [5, 5.41) is 30.7. The highest BCUT2D eigenvalue weighted by Crippen LogP contribution is 2.58. The van der Waals surface area contributed by atoms with E-state index in [4.69, 9.17) is 0 Å². The molecule has 28 heavy (non-hydrogen) atoms. The Bertz CT molecular complexity index is 601. The third-order valence-electron chi connectivity index (χ3n) is 8.53. The van der Waals surface area contributed by atoms with Crippen LogP contribution in [-0.4, -0.2) is 56.5 Å². The van der Waals surface area contributed by atoms with Crippen molar-refractivity contribution >= 4 is 5.97 Å². The van der Waals surface area contributed by atoms with Gasteiger partial charge < -0.3 is 15.3 Å². The second kappa shape index (κ2) is 8.08. The molecule has 4 aliphatic rings. The Hall–Kier alpha value is -0.910. The van der Waals surface area contributed by atoms with Gasteiger partial charge in [0.05, 0.1) is 12.7 Å². The zero-order chi connectivity index (χ0) is 19.9. The number of piperidine rings is 1. The van der Waals surface area contributed by atoms with Gasteiger partial charge in [-0.15, -0.1) is 0 Å². The summed E-state index contributed by atoms with van der Waals surface area (Å²) >= 11 is 0.